The van der Waals surface area contributed by atoms with Crippen molar-refractivity contribution in [2.24, 2.45) is 0 Å². The molecule has 0 fully saturated rings. The molecule has 0 aromatic carbocycles. The van der Waals surface area contributed by atoms with Gasteiger partial charge in [0.05, 0.1) is 0 Å². The molecule has 0 radical (unpaired) electrons. The summed E-state index contributed by atoms with van der Waals surface area (Å²) < 4.78 is 37.0. The van der Waals surface area contributed by atoms with E-state index in [4.69, 9.17) is 5.11 Å². The van der Waals surface area contributed by atoms with E-state index in [1.807, 2.05) is 0 Å². The molecule has 0 saturated heterocycles. The molecule has 8 heteroatoms. The number of aliphatic carboxylic acids is 1. The lowest BCUT2D eigenvalue weighted by Gasteiger charge is -2.33. The summed E-state index contributed by atoms with van der Waals surface area (Å²) in [5.74, 6) is -1.25. The van der Waals surface area contributed by atoms with Crippen molar-refractivity contribution in [3.8, 4) is 0 Å². The first-order chi connectivity index (χ1) is 8.62. The van der Waals surface area contributed by atoms with E-state index in [1.165, 1.54) is 6.92 Å². The molecular weight excluding hydrogens is 265 g/mol. The first-order valence-corrected chi connectivity index (χ1v) is 5.96. The normalized spacial score (nSPS) is 12.9. The SMILES string of the molecule is CCC(C)N(CC(=O)O)C(=O)N(CC)CC(F)(F)F. The predicted octanol–water partition coefficient (Wildman–Crippen LogP) is 2.18. The lowest BCUT2D eigenvalue weighted by atomic mass is 10.2. The number of amides is 2. The van der Waals surface area contributed by atoms with Gasteiger partial charge < -0.3 is 14.9 Å². The second-order valence-electron chi connectivity index (χ2n) is 4.19. The lowest BCUT2D eigenvalue weighted by Crippen LogP contribution is -2.51. The summed E-state index contributed by atoms with van der Waals surface area (Å²) >= 11 is 0. The van der Waals surface area contributed by atoms with Crippen LogP contribution in [0.15, 0.2) is 0 Å². The second-order valence-corrected chi connectivity index (χ2v) is 4.19. The summed E-state index contributed by atoms with van der Waals surface area (Å²) in [6.45, 7) is 2.62. The molecule has 0 bridgehead atoms. The Kier molecular flexibility index (Phi) is 6.64. The van der Waals surface area contributed by atoms with Crippen molar-refractivity contribution >= 4 is 12.0 Å². The van der Waals surface area contributed by atoms with Gasteiger partial charge >= 0.3 is 18.2 Å². The minimum absolute atomic E-state index is 0.134. The van der Waals surface area contributed by atoms with E-state index in [0.29, 0.717) is 11.3 Å². The van der Waals surface area contributed by atoms with Crippen LogP contribution < -0.4 is 0 Å². The number of urea groups is 1. The van der Waals surface area contributed by atoms with Crippen LogP contribution in [0.2, 0.25) is 0 Å². The molecule has 0 spiro atoms. The summed E-state index contributed by atoms with van der Waals surface area (Å²) in [6, 6.07) is -1.34. The highest BCUT2D eigenvalue weighted by molar-refractivity contribution is 5.80. The molecule has 112 valence electrons. The maximum atomic E-state index is 12.3. The van der Waals surface area contributed by atoms with Gasteiger partial charge in [0.25, 0.3) is 0 Å². The van der Waals surface area contributed by atoms with Crippen molar-refractivity contribution in [2.75, 3.05) is 19.6 Å². The molecule has 0 rings (SSSR count). The van der Waals surface area contributed by atoms with Crippen LogP contribution in [0.5, 0.6) is 0 Å². The standard InChI is InChI=1S/C11H19F3N2O3/c1-4-8(3)16(6-9(17)18)10(19)15(5-2)7-11(12,13)14/h8H,4-7H2,1-3H3,(H,17,18). The van der Waals surface area contributed by atoms with Crippen molar-refractivity contribution in [2.45, 2.75) is 39.4 Å². The molecule has 0 aromatic heterocycles. The summed E-state index contributed by atoms with van der Waals surface area (Å²) in [6.07, 6.45) is -4.04. The van der Waals surface area contributed by atoms with E-state index in [-0.39, 0.29) is 6.54 Å². The molecule has 0 aromatic rings. The predicted molar refractivity (Wildman–Crippen MR) is 62.8 cm³/mol. The van der Waals surface area contributed by atoms with Crippen molar-refractivity contribution in [1.29, 1.82) is 0 Å². The second kappa shape index (κ2) is 7.20. The average Bonchev–Trinajstić information content (AvgIpc) is 2.29. The summed E-state index contributed by atoms with van der Waals surface area (Å²) in [4.78, 5) is 24.2. The summed E-state index contributed by atoms with van der Waals surface area (Å²) in [7, 11) is 0. The fourth-order valence-corrected chi connectivity index (χ4v) is 1.49. The molecule has 0 saturated carbocycles. The largest absolute Gasteiger partial charge is 0.480 e. The Balaban J connectivity index is 4.98. The van der Waals surface area contributed by atoms with Crippen molar-refractivity contribution in [3.63, 3.8) is 0 Å². The van der Waals surface area contributed by atoms with Crippen LogP contribution in [-0.2, 0) is 4.79 Å². The number of alkyl halides is 3. The van der Waals surface area contributed by atoms with Gasteiger partial charge in [0.15, 0.2) is 0 Å². The molecule has 0 aliphatic heterocycles. The number of rotatable bonds is 6. The molecule has 19 heavy (non-hydrogen) atoms. The fraction of sp³-hybridized carbons (Fsp3) is 0.818. The van der Waals surface area contributed by atoms with Crippen LogP contribution in [0.1, 0.15) is 27.2 Å². The Morgan fingerprint density at radius 1 is 1.26 bits per heavy atom. The van der Waals surface area contributed by atoms with Gasteiger partial charge in [-0.3, -0.25) is 4.79 Å². The molecule has 1 unspecified atom stereocenters. The minimum atomic E-state index is -4.50. The Morgan fingerprint density at radius 2 is 1.79 bits per heavy atom. The Bertz CT molecular complexity index is 321. The third kappa shape index (κ3) is 6.30. The zero-order chi connectivity index (χ0) is 15.2. The molecule has 1 atom stereocenters. The monoisotopic (exact) mass is 284 g/mol. The van der Waals surface area contributed by atoms with Crippen LogP contribution in [-0.4, -0.2) is 58.8 Å². The van der Waals surface area contributed by atoms with Gasteiger partial charge in [0, 0.05) is 12.6 Å². The van der Waals surface area contributed by atoms with Gasteiger partial charge in [-0.05, 0) is 20.3 Å². The van der Waals surface area contributed by atoms with Gasteiger partial charge in [-0.2, -0.15) is 13.2 Å². The van der Waals surface area contributed by atoms with E-state index >= 15 is 0 Å². The van der Waals surface area contributed by atoms with E-state index in [9.17, 15) is 22.8 Å². The van der Waals surface area contributed by atoms with E-state index in [0.717, 1.165) is 4.90 Å². The van der Waals surface area contributed by atoms with E-state index in [1.54, 1.807) is 13.8 Å². The Morgan fingerprint density at radius 3 is 2.11 bits per heavy atom. The van der Waals surface area contributed by atoms with Crippen LogP contribution >= 0.6 is 0 Å². The van der Waals surface area contributed by atoms with Crippen molar-refractivity contribution < 1.29 is 27.9 Å². The zero-order valence-electron chi connectivity index (χ0n) is 11.2. The maximum absolute atomic E-state index is 12.3. The average molecular weight is 284 g/mol. The number of hydrogen-bond donors (Lipinski definition) is 1. The first-order valence-electron chi connectivity index (χ1n) is 5.96. The molecule has 0 aliphatic rings. The fourth-order valence-electron chi connectivity index (χ4n) is 1.49. The summed E-state index contributed by atoms with van der Waals surface area (Å²) in [5, 5.41) is 8.73. The smallest absolute Gasteiger partial charge is 0.406 e. The first kappa shape index (κ1) is 17.5. The quantitative estimate of drug-likeness (QED) is 0.813. The number of carbonyl (C=O) groups excluding carboxylic acids is 1. The van der Waals surface area contributed by atoms with E-state index < -0.39 is 37.3 Å². The molecule has 0 heterocycles. The molecule has 2 amide bonds. The number of nitrogens with zero attached hydrogens (tertiary/aromatic N) is 2. The molecular formula is C11H19F3N2O3. The van der Waals surface area contributed by atoms with Gasteiger partial charge in [-0.1, -0.05) is 6.92 Å². The van der Waals surface area contributed by atoms with Crippen molar-refractivity contribution in [3.05, 3.63) is 0 Å². The van der Waals surface area contributed by atoms with Gasteiger partial charge in [0.1, 0.15) is 13.1 Å². The van der Waals surface area contributed by atoms with Crippen LogP contribution in [0.25, 0.3) is 0 Å². The van der Waals surface area contributed by atoms with Crippen LogP contribution in [0.3, 0.4) is 0 Å². The molecule has 0 aliphatic carbocycles. The number of carbonyl (C=O) groups is 2. The highest BCUT2D eigenvalue weighted by Gasteiger charge is 2.35. The number of carboxylic acids is 1. The minimum Gasteiger partial charge on any atom is -0.480 e. The Labute approximate surface area is 110 Å². The number of hydrogen-bond acceptors (Lipinski definition) is 2. The molecule has 1 N–H and O–H groups in total. The molecule has 5 nitrogen and oxygen atoms in total. The number of carboxylic acid groups (broad SMARTS) is 1. The third-order valence-corrected chi connectivity index (χ3v) is 2.70. The van der Waals surface area contributed by atoms with Crippen LogP contribution in [0.4, 0.5) is 18.0 Å². The van der Waals surface area contributed by atoms with Crippen LogP contribution in [0, 0.1) is 0 Å². The highest BCUT2D eigenvalue weighted by atomic mass is 19.4. The Hall–Kier alpha value is -1.47. The van der Waals surface area contributed by atoms with Gasteiger partial charge in [0.2, 0.25) is 0 Å². The number of halogens is 3. The van der Waals surface area contributed by atoms with Gasteiger partial charge in [-0.15, -0.1) is 0 Å². The maximum Gasteiger partial charge on any atom is 0.406 e. The van der Waals surface area contributed by atoms with E-state index in [2.05, 4.69) is 0 Å². The third-order valence-electron chi connectivity index (χ3n) is 2.70. The zero-order valence-corrected chi connectivity index (χ0v) is 11.2. The lowest BCUT2D eigenvalue weighted by molar-refractivity contribution is -0.142. The summed E-state index contributed by atoms with van der Waals surface area (Å²) in [5.41, 5.74) is 0. The van der Waals surface area contributed by atoms with Gasteiger partial charge in [-0.25, -0.2) is 4.79 Å². The van der Waals surface area contributed by atoms with Crippen molar-refractivity contribution in [1.82, 2.24) is 9.80 Å². The highest BCUT2D eigenvalue weighted by Crippen LogP contribution is 2.18. The topological polar surface area (TPSA) is 60.9 Å².